The predicted molar refractivity (Wildman–Crippen MR) is 115 cm³/mol. The summed E-state index contributed by atoms with van der Waals surface area (Å²) >= 11 is 0. The first-order chi connectivity index (χ1) is 13.9. The van der Waals surface area contributed by atoms with Crippen LogP contribution in [0, 0.1) is 0 Å². The molecule has 0 bridgehead atoms. The number of amides is 1. The molecule has 0 saturated carbocycles. The minimum absolute atomic E-state index is 0.0192. The molecule has 1 amide bonds. The number of carbonyl (C=O) groups excluding carboxylic acids is 2. The summed E-state index contributed by atoms with van der Waals surface area (Å²) in [5.41, 5.74) is 1.93. The van der Waals surface area contributed by atoms with Crippen LogP contribution in [0.25, 0.3) is 0 Å². The van der Waals surface area contributed by atoms with Crippen LogP contribution < -0.4 is 14.8 Å². The lowest BCUT2D eigenvalue weighted by Gasteiger charge is -2.31. The summed E-state index contributed by atoms with van der Waals surface area (Å²) in [6.45, 7) is 9.21. The normalized spacial score (nSPS) is 14.9. The van der Waals surface area contributed by atoms with E-state index in [2.05, 4.69) is 30.1 Å². The first-order valence-electron chi connectivity index (χ1n) is 10.4. The van der Waals surface area contributed by atoms with Crippen molar-refractivity contribution >= 4 is 11.7 Å². The standard InChI is InChI=1S/C23H34N2O4/c1-17(2)9-12-25-13-10-20(11-14-25)24-23(27)6-5-15-29-21-8-7-19(18(3)26)16-22(21)28-4/h7-9,16,20H,5-6,10-15H2,1-4H3,(H,24,27). The van der Waals surface area contributed by atoms with Gasteiger partial charge in [0.25, 0.3) is 0 Å². The third-order valence-corrected chi connectivity index (χ3v) is 5.09. The van der Waals surface area contributed by atoms with E-state index in [0.29, 0.717) is 36.5 Å². The molecule has 160 valence electrons. The maximum absolute atomic E-state index is 12.2. The molecule has 0 atom stereocenters. The molecule has 1 saturated heterocycles. The van der Waals surface area contributed by atoms with Gasteiger partial charge < -0.3 is 14.8 Å². The van der Waals surface area contributed by atoms with Crippen LogP contribution >= 0.6 is 0 Å². The molecule has 1 aliphatic rings. The number of methoxy groups -OCH3 is 1. The Kier molecular flexibility index (Phi) is 9.19. The predicted octanol–water partition coefficient (Wildman–Crippen LogP) is 3.60. The van der Waals surface area contributed by atoms with Crippen molar-refractivity contribution in [1.29, 1.82) is 0 Å². The summed E-state index contributed by atoms with van der Waals surface area (Å²) in [6, 6.07) is 5.40. The molecule has 0 aromatic heterocycles. The van der Waals surface area contributed by atoms with E-state index in [0.717, 1.165) is 32.5 Å². The fraction of sp³-hybridized carbons (Fsp3) is 0.565. The minimum atomic E-state index is -0.0192. The van der Waals surface area contributed by atoms with E-state index in [9.17, 15) is 9.59 Å². The third-order valence-electron chi connectivity index (χ3n) is 5.09. The van der Waals surface area contributed by atoms with Gasteiger partial charge in [0.05, 0.1) is 13.7 Å². The van der Waals surface area contributed by atoms with Gasteiger partial charge in [-0.1, -0.05) is 11.6 Å². The maximum Gasteiger partial charge on any atom is 0.220 e. The summed E-state index contributed by atoms with van der Waals surface area (Å²) in [6.07, 6.45) is 5.31. The summed E-state index contributed by atoms with van der Waals surface area (Å²) in [7, 11) is 1.55. The molecule has 1 aliphatic heterocycles. The number of allylic oxidation sites excluding steroid dienone is 1. The van der Waals surface area contributed by atoms with Gasteiger partial charge in [0.2, 0.25) is 5.91 Å². The van der Waals surface area contributed by atoms with Crippen molar-refractivity contribution in [2.75, 3.05) is 33.4 Å². The molecule has 1 aromatic rings. The molecule has 0 aliphatic carbocycles. The largest absolute Gasteiger partial charge is 0.493 e. The smallest absolute Gasteiger partial charge is 0.220 e. The zero-order valence-corrected chi connectivity index (χ0v) is 18.1. The fourth-order valence-electron chi connectivity index (χ4n) is 3.29. The number of hydrogen-bond acceptors (Lipinski definition) is 5. The Balaban J connectivity index is 1.67. The van der Waals surface area contributed by atoms with Crippen LogP contribution in [-0.4, -0.2) is 56.0 Å². The van der Waals surface area contributed by atoms with Crippen molar-refractivity contribution in [3.05, 3.63) is 35.4 Å². The number of Topliss-reactive ketones (excluding diaryl/α,β-unsaturated/α-hetero) is 1. The van der Waals surface area contributed by atoms with Gasteiger partial charge in [0.15, 0.2) is 17.3 Å². The number of benzene rings is 1. The van der Waals surface area contributed by atoms with Crippen molar-refractivity contribution in [2.45, 2.75) is 52.5 Å². The number of ketones is 1. The van der Waals surface area contributed by atoms with E-state index < -0.39 is 0 Å². The highest BCUT2D eigenvalue weighted by atomic mass is 16.5. The van der Waals surface area contributed by atoms with Crippen molar-refractivity contribution in [2.24, 2.45) is 0 Å². The van der Waals surface area contributed by atoms with Crippen molar-refractivity contribution in [1.82, 2.24) is 10.2 Å². The Hall–Kier alpha value is -2.34. The SMILES string of the molecule is COc1cc(C(C)=O)ccc1OCCCC(=O)NC1CCN(CC=C(C)C)CC1. The number of hydrogen-bond donors (Lipinski definition) is 1. The Labute approximate surface area is 174 Å². The molecular weight excluding hydrogens is 368 g/mol. The number of likely N-dealkylation sites (tertiary alicyclic amines) is 1. The van der Waals surface area contributed by atoms with Gasteiger partial charge in [-0.25, -0.2) is 0 Å². The molecule has 0 spiro atoms. The number of rotatable bonds is 10. The van der Waals surface area contributed by atoms with Crippen LogP contribution in [-0.2, 0) is 4.79 Å². The second kappa shape index (κ2) is 11.6. The van der Waals surface area contributed by atoms with Crippen LogP contribution in [0.3, 0.4) is 0 Å². The topological polar surface area (TPSA) is 67.9 Å². The second-order valence-corrected chi connectivity index (χ2v) is 7.80. The molecule has 1 aromatic carbocycles. The number of nitrogens with zero attached hydrogens (tertiary/aromatic N) is 1. The lowest BCUT2D eigenvalue weighted by Crippen LogP contribution is -2.44. The number of carbonyl (C=O) groups is 2. The Morgan fingerprint density at radius 3 is 2.52 bits per heavy atom. The van der Waals surface area contributed by atoms with Gasteiger partial charge >= 0.3 is 0 Å². The molecule has 0 radical (unpaired) electrons. The fourth-order valence-corrected chi connectivity index (χ4v) is 3.29. The monoisotopic (exact) mass is 402 g/mol. The first kappa shape index (κ1) is 22.9. The minimum Gasteiger partial charge on any atom is -0.493 e. The van der Waals surface area contributed by atoms with Crippen LogP contribution in [0.5, 0.6) is 11.5 Å². The van der Waals surface area contributed by atoms with E-state index >= 15 is 0 Å². The maximum atomic E-state index is 12.2. The molecule has 0 unspecified atom stereocenters. The van der Waals surface area contributed by atoms with Crippen LogP contribution in [0.2, 0.25) is 0 Å². The summed E-state index contributed by atoms with van der Waals surface area (Å²) < 4.78 is 11.0. The number of piperidine rings is 1. The Bertz CT molecular complexity index is 718. The van der Waals surface area contributed by atoms with Gasteiger partial charge in [0.1, 0.15) is 0 Å². The second-order valence-electron chi connectivity index (χ2n) is 7.80. The van der Waals surface area contributed by atoms with Gasteiger partial charge in [-0.2, -0.15) is 0 Å². The molecule has 29 heavy (non-hydrogen) atoms. The number of nitrogens with one attached hydrogen (secondary N) is 1. The van der Waals surface area contributed by atoms with Gasteiger partial charge in [-0.05, 0) is 58.2 Å². The summed E-state index contributed by atoms with van der Waals surface area (Å²) in [5.74, 6) is 1.17. The lowest BCUT2D eigenvalue weighted by molar-refractivity contribution is -0.122. The van der Waals surface area contributed by atoms with E-state index in [1.54, 1.807) is 25.3 Å². The van der Waals surface area contributed by atoms with Gasteiger partial charge in [0, 0.05) is 37.7 Å². The van der Waals surface area contributed by atoms with E-state index in [4.69, 9.17) is 9.47 Å². The average Bonchev–Trinajstić information content (AvgIpc) is 2.70. The van der Waals surface area contributed by atoms with E-state index in [1.165, 1.54) is 12.5 Å². The molecule has 1 fully saturated rings. The molecular formula is C23H34N2O4. The van der Waals surface area contributed by atoms with E-state index in [1.807, 2.05) is 0 Å². The van der Waals surface area contributed by atoms with Crippen LogP contribution in [0.1, 0.15) is 56.8 Å². The summed E-state index contributed by atoms with van der Waals surface area (Å²) in [5, 5.41) is 3.15. The zero-order chi connectivity index (χ0) is 21.2. The Morgan fingerprint density at radius 1 is 1.17 bits per heavy atom. The highest BCUT2D eigenvalue weighted by Gasteiger charge is 2.19. The molecule has 6 heteroatoms. The highest BCUT2D eigenvalue weighted by Crippen LogP contribution is 2.28. The third kappa shape index (κ3) is 7.89. The zero-order valence-electron chi connectivity index (χ0n) is 18.1. The van der Waals surface area contributed by atoms with Gasteiger partial charge in [-0.3, -0.25) is 14.5 Å². The van der Waals surface area contributed by atoms with Crippen LogP contribution in [0.4, 0.5) is 0 Å². The lowest BCUT2D eigenvalue weighted by atomic mass is 10.0. The van der Waals surface area contributed by atoms with Gasteiger partial charge in [-0.15, -0.1) is 0 Å². The average molecular weight is 403 g/mol. The molecule has 1 N–H and O–H groups in total. The highest BCUT2D eigenvalue weighted by molar-refractivity contribution is 5.94. The quantitative estimate of drug-likeness (QED) is 0.368. The first-order valence-corrected chi connectivity index (χ1v) is 10.4. The number of ether oxygens (including phenoxy) is 2. The van der Waals surface area contributed by atoms with Crippen molar-refractivity contribution < 1.29 is 19.1 Å². The Morgan fingerprint density at radius 2 is 1.90 bits per heavy atom. The molecule has 1 heterocycles. The molecule has 6 nitrogen and oxygen atoms in total. The van der Waals surface area contributed by atoms with Crippen LogP contribution in [0.15, 0.2) is 29.8 Å². The molecule has 2 rings (SSSR count). The van der Waals surface area contributed by atoms with Crippen molar-refractivity contribution in [3.63, 3.8) is 0 Å². The van der Waals surface area contributed by atoms with E-state index in [-0.39, 0.29) is 17.7 Å². The summed E-state index contributed by atoms with van der Waals surface area (Å²) in [4.78, 5) is 26.1. The van der Waals surface area contributed by atoms with Crippen molar-refractivity contribution in [3.8, 4) is 11.5 Å².